The van der Waals surface area contributed by atoms with Gasteiger partial charge in [-0.2, -0.15) is 0 Å². The average molecular weight is 268 g/mol. The van der Waals surface area contributed by atoms with Gasteiger partial charge in [0.1, 0.15) is 0 Å². The maximum absolute atomic E-state index is 11.3. The van der Waals surface area contributed by atoms with E-state index in [-0.39, 0.29) is 5.97 Å². The maximum Gasteiger partial charge on any atom is 0.363 e. The number of ether oxygens (including phenoxy) is 1. The van der Waals surface area contributed by atoms with Crippen molar-refractivity contribution in [3.05, 3.63) is 35.6 Å². The highest BCUT2D eigenvalue weighted by Gasteiger charge is 2.19. The first kappa shape index (κ1) is 10.4. The average Bonchev–Trinajstić information content (AvgIpc) is 2.49. The fraction of sp³-hybridized carbons (Fsp3) is 0.273. The Morgan fingerprint density at radius 3 is 3.00 bits per heavy atom. The second-order valence-electron chi connectivity index (χ2n) is 3.36. The van der Waals surface area contributed by atoms with E-state index in [0.29, 0.717) is 16.4 Å². The second kappa shape index (κ2) is 4.14. The largest absolute Gasteiger partial charge is 0.407 e. The van der Waals surface area contributed by atoms with E-state index in [4.69, 9.17) is 4.74 Å². The molecule has 1 aliphatic carbocycles. The maximum atomic E-state index is 11.3. The Hall–Kier alpha value is -1.16. The minimum Gasteiger partial charge on any atom is -0.407 e. The van der Waals surface area contributed by atoms with Crippen molar-refractivity contribution in [2.24, 2.45) is 4.99 Å². The molecule has 0 spiro atoms. The molecule has 0 fully saturated rings. The lowest BCUT2D eigenvalue weighted by Crippen LogP contribution is -2.01. The Kier molecular flexibility index (Phi) is 2.86. The number of rotatable bonds is 1. The first-order valence-electron chi connectivity index (χ1n) is 4.67. The van der Waals surface area contributed by atoms with E-state index >= 15 is 0 Å². The van der Waals surface area contributed by atoms with Crippen LogP contribution in [0, 0.1) is 0 Å². The van der Waals surface area contributed by atoms with Gasteiger partial charge in [0, 0.05) is 11.8 Å². The van der Waals surface area contributed by atoms with Crippen molar-refractivity contribution in [2.45, 2.75) is 18.2 Å². The lowest BCUT2D eigenvalue weighted by molar-refractivity contribution is -0.130. The van der Waals surface area contributed by atoms with E-state index in [1.165, 1.54) is 0 Å². The van der Waals surface area contributed by atoms with Crippen LogP contribution in [0.15, 0.2) is 40.6 Å². The molecule has 2 aliphatic rings. The number of nitrogens with zero attached hydrogens (tertiary/aromatic N) is 1. The van der Waals surface area contributed by atoms with E-state index in [0.717, 1.165) is 12.0 Å². The number of halogens is 1. The van der Waals surface area contributed by atoms with Crippen molar-refractivity contribution >= 4 is 27.8 Å². The molecule has 1 unspecified atom stereocenters. The van der Waals surface area contributed by atoms with Crippen LogP contribution in [0.2, 0.25) is 0 Å². The molecule has 0 aromatic rings. The summed E-state index contributed by atoms with van der Waals surface area (Å²) in [7, 11) is 0. The molecular weight excluding hydrogens is 258 g/mol. The van der Waals surface area contributed by atoms with Crippen molar-refractivity contribution in [1.29, 1.82) is 0 Å². The molecule has 4 heteroatoms. The number of carbonyl (C=O) groups excluding carboxylic acids is 1. The van der Waals surface area contributed by atoms with E-state index in [2.05, 4.69) is 27.0 Å². The fourth-order valence-corrected chi connectivity index (χ4v) is 1.73. The van der Waals surface area contributed by atoms with Gasteiger partial charge in [0.2, 0.25) is 0 Å². The lowest BCUT2D eigenvalue weighted by atomic mass is 10.1. The summed E-state index contributed by atoms with van der Waals surface area (Å²) in [4.78, 5) is 15.6. The number of esters is 1. The zero-order valence-electron chi connectivity index (χ0n) is 8.24. The van der Waals surface area contributed by atoms with Gasteiger partial charge in [-0.3, -0.25) is 0 Å². The van der Waals surface area contributed by atoms with Gasteiger partial charge in [-0.25, -0.2) is 9.79 Å². The molecule has 0 aromatic carbocycles. The Labute approximate surface area is 96.3 Å². The summed E-state index contributed by atoms with van der Waals surface area (Å²) in [5, 5.41) is 0. The van der Waals surface area contributed by atoms with Crippen LogP contribution in [0.25, 0.3) is 0 Å². The Bertz CT molecular complexity index is 418. The number of allylic oxidation sites excluding steroid dienone is 5. The van der Waals surface area contributed by atoms with Crippen LogP contribution in [0.3, 0.4) is 0 Å². The smallest absolute Gasteiger partial charge is 0.363 e. The molecule has 1 heterocycles. The summed E-state index contributed by atoms with van der Waals surface area (Å²) in [6.07, 6.45) is 8.74. The van der Waals surface area contributed by atoms with Crippen LogP contribution in [-0.2, 0) is 9.53 Å². The highest BCUT2D eigenvalue weighted by Crippen LogP contribution is 2.20. The number of alkyl halides is 1. The van der Waals surface area contributed by atoms with E-state index in [9.17, 15) is 4.79 Å². The van der Waals surface area contributed by atoms with Crippen molar-refractivity contribution in [3.63, 3.8) is 0 Å². The van der Waals surface area contributed by atoms with Gasteiger partial charge in [0.05, 0.1) is 0 Å². The lowest BCUT2D eigenvalue weighted by Gasteiger charge is -2.06. The van der Waals surface area contributed by atoms with Crippen molar-refractivity contribution in [3.8, 4) is 0 Å². The molecule has 3 nitrogen and oxygen atoms in total. The van der Waals surface area contributed by atoms with Gasteiger partial charge in [-0.1, -0.05) is 34.2 Å². The quantitative estimate of drug-likeness (QED) is 0.416. The SMILES string of the molecule is CC1=N/C(=C\C2=CCC(Br)C=C2)C(=O)O1. The van der Waals surface area contributed by atoms with Crippen molar-refractivity contribution in [2.75, 3.05) is 0 Å². The van der Waals surface area contributed by atoms with Crippen LogP contribution in [0.4, 0.5) is 0 Å². The Morgan fingerprint density at radius 1 is 1.67 bits per heavy atom. The third-order valence-corrected chi connectivity index (χ3v) is 2.79. The van der Waals surface area contributed by atoms with Gasteiger partial charge in [0.25, 0.3) is 0 Å². The van der Waals surface area contributed by atoms with E-state index in [1.54, 1.807) is 13.0 Å². The number of cyclic esters (lactones) is 1. The third-order valence-electron chi connectivity index (χ3n) is 2.11. The molecule has 0 N–H and O–H groups in total. The number of carbonyl (C=O) groups is 1. The molecule has 0 aromatic heterocycles. The highest BCUT2D eigenvalue weighted by molar-refractivity contribution is 9.09. The zero-order valence-corrected chi connectivity index (χ0v) is 9.82. The molecule has 15 heavy (non-hydrogen) atoms. The molecule has 0 bridgehead atoms. The molecule has 0 saturated heterocycles. The van der Waals surface area contributed by atoms with Gasteiger partial charge < -0.3 is 4.74 Å². The highest BCUT2D eigenvalue weighted by atomic mass is 79.9. The van der Waals surface area contributed by atoms with Crippen LogP contribution in [0.1, 0.15) is 13.3 Å². The molecule has 0 saturated carbocycles. The van der Waals surface area contributed by atoms with Crippen molar-refractivity contribution < 1.29 is 9.53 Å². The molecule has 2 rings (SSSR count). The van der Waals surface area contributed by atoms with Gasteiger partial charge in [-0.05, 0) is 18.1 Å². The summed E-state index contributed by atoms with van der Waals surface area (Å²) < 4.78 is 4.82. The van der Waals surface area contributed by atoms with Crippen molar-refractivity contribution in [1.82, 2.24) is 0 Å². The molecule has 1 aliphatic heterocycles. The predicted molar refractivity (Wildman–Crippen MR) is 61.8 cm³/mol. The zero-order chi connectivity index (χ0) is 10.8. The first-order chi connectivity index (χ1) is 7.15. The molecule has 78 valence electrons. The number of aliphatic imine (C=N–C) groups is 1. The van der Waals surface area contributed by atoms with Gasteiger partial charge >= 0.3 is 5.97 Å². The minimum atomic E-state index is -0.372. The standard InChI is InChI=1S/C11H10BrNO2/c1-7-13-10(11(14)15-7)6-8-2-4-9(12)5-3-8/h2-4,6,9H,5H2,1H3/b10-6-. The number of hydrogen-bond acceptors (Lipinski definition) is 3. The van der Waals surface area contributed by atoms with Crippen LogP contribution in [0.5, 0.6) is 0 Å². The summed E-state index contributed by atoms with van der Waals surface area (Å²) in [6.45, 7) is 1.67. The summed E-state index contributed by atoms with van der Waals surface area (Å²) in [6, 6.07) is 0. The predicted octanol–water partition coefficient (Wildman–Crippen LogP) is 2.50. The van der Waals surface area contributed by atoms with E-state index < -0.39 is 0 Å². The van der Waals surface area contributed by atoms with Crippen LogP contribution >= 0.6 is 15.9 Å². The second-order valence-corrected chi connectivity index (χ2v) is 4.54. The summed E-state index contributed by atoms with van der Waals surface area (Å²) in [5.41, 5.74) is 1.37. The van der Waals surface area contributed by atoms with Gasteiger partial charge in [0.15, 0.2) is 11.6 Å². The van der Waals surface area contributed by atoms with E-state index in [1.807, 2.05) is 12.2 Å². The molecule has 0 amide bonds. The molecule has 1 atom stereocenters. The third kappa shape index (κ3) is 2.45. The monoisotopic (exact) mass is 267 g/mol. The topological polar surface area (TPSA) is 38.7 Å². The summed E-state index contributed by atoms with van der Waals surface area (Å²) in [5.74, 6) is 0.0350. The molecular formula is C11H10BrNO2. The Morgan fingerprint density at radius 2 is 2.47 bits per heavy atom. The minimum absolute atomic E-state index is 0.372. The van der Waals surface area contributed by atoms with Crippen LogP contribution in [-0.4, -0.2) is 16.7 Å². The summed E-state index contributed by atoms with van der Waals surface area (Å²) >= 11 is 3.48. The molecule has 0 radical (unpaired) electrons. The first-order valence-corrected chi connectivity index (χ1v) is 5.58. The number of hydrogen-bond donors (Lipinski definition) is 0. The fourth-order valence-electron chi connectivity index (χ4n) is 1.39. The Balaban J connectivity index is 2.18. The normalized spacial score (nSPS) is 27.7. The van der Waals surface area contributed by atoms with Gasteiger partial charge in [-0.15, -0.1) is 0 Å². The van der Waals surface area contributed by atoms with Crippen LogP contribution < -0.4 is 0 Å².